The van der Waals surface area contributed by atoms with E-state index in [2.05, 4.69) is 45.1 Å². The molecular weight excluding hydrogens is 478 g/mol. The highest BCUT2D eigenvalue weighted by molar-refractivity contribution is 9.09. The molecule has 3 rings (SSSR count). The number of piperazine rings is 1. The largest absolute Gasteiger partial charge is 0.444 e. The number of ether oxygens (including phenoxy) is 1. The van der Waals surface area contributed by atoms with Crippen molar-refractivity contribution >= 4 is 39.2 Å². The van der Waals surface area contributed by atoms with Gasteiger partial charge < -0.3 is 15.4 Å². The van der Waals surface area contributed by atoms with Crippen LogP contribution in [0.25, 0.3) is 5.57 Å². The first-order valence-corrected chi connectivity index (χ1v) is 12.1. The van der Waals surface area contributed by atoms with E-state index in [1.165, 1.54) is 22.3 Å². The zero-order chi connectivity index (χ0) is 22.6. The predicted octanol–water partition coefficient (Wildman–Crippen LogP) is 5.51. The molecule has 0 aromatic heterocycles. The van der Waals surface area contributed by atoms with Crippen LogP contribution in [0.1, 0.15) is 44.4 Å². The maximum Gasteiger partial charge on any atom is 0.410 e. The van der Waals surface area contributed by atoms with E-state index in [1.54, 1.807) is 11.1 Å². The Hall–Kier alpha value is -1.76. The quantitative estimate of drug-likeness (QED) is 0.547. The van der Waals surface area contributed by atoms with Gasteiger partial charge in [0.1, 0.15) is 5.60 Å². The fraction of sp³-hybridized carbons (Fsp3) is 0.458. The molecule has 2 aliphatic rings. The summed E-state index contributed by atoms with van der Waals surface area (Å²) in [5.41, 5.74) is 9.95. The lowest BCUT2D eigenvalue weighted by molar-refractivity contribution is 0.0102. The molecule has 1 saturated heterocycles. The van der Waals surface area contributed by atoms with Crippen molar-refractivity contribution in [1.82, 2.24) is 9.80 Å². The summed E-state index contributed by atoms with van der Waals surface area (Å²) in [5.74, 6) is 0. The summed E-state index contributed by atoms with van der Waals surface area (Å²) in [4.78, 5) is 16.7. The van der Waals surface area contributed by atoms with Crippen molar-refractivity contribution in [3.05, 3.63) is 64.3 Å². The molecule has 1 fully saturated rings. The lowest BCUT2D eigenvalue weighted by atomic mass is 9.94. The highest BCUT2D eigenvalue weighted by atomic mass is 79.9. The highest BCUT2D eigenvalue weighted by Gasteiger charge is 2.32. The summed E-state index contributed by atoms with van der Waals surface area (Å²) >= 11 is 10.0. The first kappa shape index (κ1) is 23.9. The summed E-state index contributed by atoms with van der Waals surface area (Å²) in [6.45, 7) is 8.56. The van der Waals surface area contributed by atoms with Gasteiger partial charge in [-0.15, -0.1) is 0 Å². The minimum atomic E-state index is -0.484. The van der Waals surface area contributed by atoms with Crippen LogP contribution in [-0.4, -0.2) is 53.0 Å². The number of amides is 1. The number of alkyl halides is 1. The van der Waals surface area contributed by atoms with Gasteiger partial charge in [-0.05, 0) is 73.9 Å². The van der Waals surface area contributed by atoms with Gasteiger partial charge in [0.05, 0.1) is 0 Å². The number of carbonyl (C=O) groups is 1. The van der Waals surface area contributed by atoms with Crippen LogP contribution in [0, 0.1) is 0 Å². The van der Waals surface area contributed by atoms with Crippen molar-refractivity contribution in [2.24, 2.45) is 5.73 Å². The van der Waals surface area contributed by atoms with Gasteiger partial charge in [0.25, 0.3) is 0 Å². The number of benzene rings is 1. The van der Waals surface area contributed by atoms with Gasteiger partial charge in [-0.3, -0.25) is 4.90 Å². The zero-order valence-electron chi connectivity index (χ0n) is 18.4. The first-order chi connectivity index (χ1) is 14.7. The van der Waals surface area contributed by atoms with E-state index in [4.69, 9.17) is 22.1 Å². The number of allylic oxidation sites excluding steroid dienone is 4. The molecule has 1 aromatic rings. The molecule has 7 heteroatoms. The van der Waals surface area contributed by atoms with Gasteiger partial charge in [0, 0.05) is 42.6 Å². The molecule has 0 radical (unpaired) electrons. The Bertz CT molecular complexity index is 897. The smallest absolute Gasteiger partial charge is 0.410 e. The lowest BCUT2D eigenvalue weighted by Crippen LogP contribution is -2.50. The number of hydrogen-bond donors (Lipinski definition) is 1. The molecule has 0 bridgehead atoms. The number of halogens is 2. The van der Waals surface area contributed by atoms with Crippen LogP contribution in [0.3, 0.4) is 0 Å². The van der Waals surface area contributed by atoms with E-state index in [-0.39, 0.29) is 12.1 Å². The maximum absolute atomic E-state index is 12.5. The minimum Gasteiger partial charge on any atom is -0.444 e. The summed E-state index contributed by atoms with van der Waals surface area (Å²) in [6.07, 6.45) is 8.34. The van der Waals surface area contributed by atoms with Crippen molar-refractivity contribution in [1.29, 1.82) is 0 Å². The van der Waals surface area contributed by atoms with Crippen LogP contribution >= 0.6 is 27.5 Å². The second-order valence-electron chi connectivity index (χ2n) is 8.88. The first-order valence-electron chi connectivity index (χ1n) is 10.6. The van der Waals surface area contributed by atoms with E-state index in [1.807, 2.05) is 32.9 Å². The molecule has 1 atom stereocenters. The third-order valence-electron chi connectivity index (χ3n) is 5.48. The van der Waals surface area contributed by atoms with Crippen molar-refractivity contribution in [2.45, 2.75) is 38.8 Å². The molecule has 5 nitrogen and oxygen atoms in total. The average molecular weight is 509 g/mol. The third-order valence-corrected chi connectivity index (χ3v) is 6.32. The Morgan fingerprint density at radius 1 is 1.29 bits per heavy atom. The monoisotopic (exact) mass is 507 g/mol. The number of hydrogen-bond acceptors (Lipinski definition) is 4. The zero-order valence-corrected chi connectivity index (χ0v) is 20.7. The molecule has 0 spiro atoms. The van der Waals surface area contributed by atoms with E-state index in [0.717, 1.165) is 29.9 Å². The number of rotatable bonds is 3. The molecular formula is C24H31BrClN3O2. The number of nitrogens with two attached hydrogens (primary N) is 1. The van der Waals surface area contributed by atoms with Crippen LogP contribution in [0.5, 0.6) is 0 Å². The summed E-state index contributed by atoms with van der Waals surface area (Å²) in [5, 5.41) is 1.47. The minimum absolute atomic E-state index is 0.193. The number of fused-ring (bicyclic) bond motifs is 1. The van der Waals surface area contributed by atoms with Gasteiger partial charge in [-0.2, -0.15) is 0 Å². The van der Waals surface area contributed by atoms with Gasteiger partial charge in [-0.25, -0.2) is 4.79 Å². The predicted molar refractivity (Wildman–Crippen MR) is 131 cm³/mol. The molecule has 2 N–H and O–H groups in total. The van der Waals surface area contributed by atoms with E-state index < -0.39 is 5.60 Å². The van der Waals surface area contributed by atoms with Crippen molar-refractivity contribution in [2.75, 3.05) is 31.5 Å². The van der Waals surface area contributed by atoms with Crippen LogP contribution in [-0.2, 0) is 4.74 Å². The molecule has 1 unspecified atom stereocenters. The Labute approximate surface area is 198 Å². The lowest BCUT2D eigenvalue weighted by Gasteiger charge is -2.40. The Morgan fingerprint density at radius 2 is 2.00 bits per heavy atom. The molecule has 168 valence electrons. The van der Waals surface area contributed by atoms with Gasteiger partial charge in [-0.1, -0.05) is 45.7 Å². The highest BCUT2D eigenvalue weighted by Crippen LogP contribution is 2.39. The summed E-state index contributed by atoms with van der Waals surface area (Å²) < 4.78 is 5.55. The Morgan fingerprint density at radius 3 is 2.61 bits per heavy atom. The molecule has 1 heterocycles. The van der Waals surface area contributed by atoms with Gasteiger partial charge in [0.15, 0.2) is 0 Å². The van der Waals surface area contributed by atoms with Crippen LogP contribution < -0.4 is 5.73 Å². The SMILES string of the molecule is CC(C)(C)OC(=O)N1CCN(C2C/C(=C\C=C/N)C=C(CBr)c3cc(Cl)ccc32)CC1. The molecule has 1 aliphatic carbocycles. The second-order valence-corrected chi connectivity index (χ2v) is 9.88. The van der Waals surface area contributed by atoms with Crippen LogP contribution in [0.2, 0.25) is 5.02 Å². The second kappa shape index (κ2) is 10.2. The van der Waals surface area contributed by atoms with E-state index >= 15 is 0 Å². The topological polar surface area (TPSA) is 58.8 Å². The van der Waals surface area contributed by atoms with Crippen LogP contribution in [0.15, 0.2) is 48.2 Å². The fourth-order valence-corrected chi connectivity index (χ4v) is 4.70. The van der Waals surface area contributed by atoms with Crippen molar-refractivity contribution < 1.29 is 9.53 Å². The Kier molecular flexibility index (Phi) is 7.89. The maximum atomic E-state index is 12.5. The van der Waals surface area contributed by atoms with E-state index in [0.29, 0.717) is 13.1 Å². The Balaban J connectivity index is 1.86. The fourth-order valence-electron chi connectivity index (χ4n) is 4.07. The van der Waals surface area contributed by atoms with Gasteiger partial charge in [0.2, 0.25) is 0 Å². The summed E-state index contributed by atoms with van der Waals surface area (Å²) in [7, 11) is 0. The van der Waals surface area contributed by atoms with Crippen molar-refractivity contribution in [3.63, 3.8) is 0 Å². The molecule has 1 aliphatic heterocycles. The molecule has 1 amide bonds. The third kappa shape index (κ3) is 6.15. The average Bonchev–Trinajstić information content (AvgIpc) is 2.87. The molecule has 0 saturated carbocycles. The van der Waals surface area contributed by atoms with Gasteiger partial charge >= 0.3 is 6.09 Å². The molecule has 1 aromatic carbocycles. The van der Waals surface area contributed by atoms with Crippen LogP contribution in [0.4, 0.5) is 4.79 Å². The molecule has 31 heavy (non-hydrogen) atoms. The van der Waals surface area contributed by atoms with E-state index in [9.17, 15) is 4.79 Å². The summed E-state index contributed by atoms with van der Waals surface area (Å²) in [6, 6.07) is 6.35. The number of carbonyl (C=O) groups excluding carboxylic acids is 1. The van der Waals surface area contributed by atoms with Crippen molar-refractivity contribution in [3.8, 4) is 0 Å². The number of nitrogens with zero attached hydrogens (tertiary/aromatic N) is 2. The normalized spacial score (nSPS) is 21.7. The standard InChI is InChI=1S/C24H31BrClN3O2/c1-24(2,3)31-23(30)29-11-9-28(10-12-29)22-14-17(5-4-8-27)13-18(16-25)21-15-19(26)6-7-20(21)22/h4-8,13,15,22H,9-12,14,16,27H2,1-3H3/b8-4-,17-5-.